The number of carbonyl (C=O) groups is 1. The topological polar surface area (TPSA) is 51.2 Å². The van der Waals surface area contributed by atoms with Crippen molar-refractivity contribution in [2.45, 2.75) is 38.6 Å². The molecule has 0 spiro atoms. The summed E-state index contributed by atoms with van der Waals surface area (Å²) in [5.74, 6) is 0.708. The van der Waals surface area contributed by atoms with Gasteiger partial charge in [-0.2, -0.15) is 0 Å². The van der Waals surface area contributed by atoms with Crippen molar-refractivity contribution in [2.24, 2.45) is 0 Å². The summed E-state index contributed by atoms with van der Waals surface area (Å²) < 4.78 is 5.61. The Bertz CT molecular complexity index is 974. The van der Waals surface area contributed by atoms with Crippen LogP contribution in [-0.2, 0) is 0 Å². The summed E-state index contributed by atoms with van der Waals surface area (Å²) in [6.45, 7) is 2.07. The average Bonchev–Trinajstić information content (AvgIpc) is 3.20. The minimum absolute atomic E-state index is 0.0199. The van der Waals surface area contributed by atoms with Gasteiger partial charge in [0.1, 0.15) is 5.75 Å². The zero-order chi connectivity index (χ0) is 18.8. The van der Waals surface area contributed by atoms with Gasteiger partial charge in [-0.1, -0.05) is 42.7 Å². The van der Waals surface area contributed by atoms with E-state index in [1.54, 1.807) is 7.11 Å². The monoisotopic (exact) mass is 360 g/mol. The van der Waals surface area contributed by atoms with Gasteiger partial charge in [-0.3, -0.25) is 4.79 Å². The fourth-order valence-corrected chi connectivity index (χ4v) is 3.72. The number of pyridine rings is 1. The molecule has 1 heterocycles. The molecule has 0 radical (unpaired) electrons. The van der Waals surface area contributed by atoms with Crippen LogP contribution >= 0.6 is 0 Å². The third-order valence-corrected chi connectivity index (χ3v) is 5.29. The highest BCUT2D eigenvalue weighted by atomic mass is 16.5. The molecule has 0 aliphatic heterocycles. The van der Waals surface area contributed by atoms with Gasteiger partial charge in [-0.25, -0.2) is 4.98 Å². The van der Waals surface area contributed by atoms with Crippen LogP contribution in [0.25, 0.3) is 22.2 Å². The SMILES string of the molecule is COc1cc(-c2ccc(C)cc2)nc2ccc(C(=O)NC3CCCC3)cc12. The number of aryl methyl sites for hydroxylation is 1. The van der Waals surface area contributed by atoms with Crippen LogP contribution in [0.5, 0.6) is 5.75 Å². The third-order valence-electron chi connectivity index (χ3n) is 5.29. The number of amides is 1. The van der Waals surface area contributed by atoms with Crippen LogP contribution in [0, 0.1) is 6.92 Å². The lowest BCUT2D eigenvalue weighted by molar-refractivity contribution is 0.0938. The van der Waals surface area contributed by atoms with E-state index in [1.807, 2.05) is 24.3 Å². The van der Waals surface area contributed by atoms with Gasteiger partial charge < -0.3 is 10.1 Å². The van der Waals surface area contributed by atoms with Gasteiger partial charge >= 0.3 is 0 Å². The van der Waals surface area contributed by atoms with Crippen molar-refractivity contribution in [3.05, 3.63) is 59.7 Å². The highest BCUT2D eigenvalue weighted by molar-refractivity contribution is 6.00. The first kappa shape index (κ1) is 17.5. The Balaban J connectivity index is 1.69. The fraction of sp³-hybridized carbons (Fsp3) is 0.304. The van der Waals surface area contributed by atoms with Gasteiger partial charge in [-0.05, 0) is 38.0 Å². The number of fused-ring (bicyclic) bond motifs is 1. The molecule has 0 bridgehead atoms. The number of benzene rings is 2. The molecule has 1 aliphatic carbocycles. The van der Waals surface area contributed by atoms with Crippen molar-refractivity contribution in [3.8, 4) is 17.0 Å². The number of hydrogen-bond acceptors (Lipinski definition) is 3. The van der Waals surface area contributed by atoms with Crippen LogP contribution in [0.2, 0.25) is 0 Å². The molecule has 0 atom stereocenters. The predicted octanol–water partition coefficient (Wildman–Crippen LogP) is 4.89. The first-order valence-corrected chi connectivity index (χ1v) is 9.51. The molecule has 1 amide bonds. The molecule has 0 unspecified atom stereocenters. The largest absolute Gasteiger partial charge is 0.496 e. The number of methoxy groups -OCH3 is 1. The molecule has 4 heteroatoms. The van der Waals surface area contributed by atoms with Gasteiger partial charge in [0.15, 0.2) is 0 Å². The van der Waals surface area contributed by atoms with Crippen LogP contribution < -0.4 is 10.1 Å². The summed E-state index contributed by atoms with van der Waals surface area (Å²) in [4.78, 5) is 17.4. The lowest BCUT2D eigenvalue weighted by atomic mass is 10.0. The lowest BCUT2D eigenvalue weighted by Crippen LogP contribution is -2.32. The van der Waals surface area contributed by atoms with Gasteiger partial charge in [-0.15, -0.1) is 0 Å². The van der Waals surface area contributed by atoms with Crippen LogP contribution in [0.1, 0.15) is 41.6 Å². The van der Waals surface area contributed by atoms with Crippen molar-refractivity contribution >= 4 is 16.8 Å². The Morgan fingerprint density at radius 2 is 1.81 bits per heavy atom. The maximum absolute atomic E-state index is 12.6. The molecule has 1 aromatic heterocycles. The molecule has 1 N–H and O–H groups in total. The van der Waals surface area contributed by atoms with E-state index in [9.17, 15) is 4.79 Å². The van der Waals surface area contributed by atoms with E-state index in [-0.39, 0.29) is 5.91 Å². The lowest BCUT2D eigenvalue weighted by Gasteiger charge is -2.13. The van der Waals surface area contributed by atoms with Crippen LogP contribution in [-0.4, -0.2) is 24.0 Å². The first-order valence-electron chi connectivity index (χ1n) is 9.51. The van der Waals surface area contributed by atoms with E-state index in [1.165, 1.54) is 18.4 Å². The Labute approximate surface area is 159 Å². The van der Waals surface area contributed by atoms with Crippen molar-refractivity contribution in [1.29, 1.82) is 0 Å². The molecule has 27 heavy (non-hydrogen) atoms. The first-order chi connectivity index (χ1) is 13.1. The van der Waals surface area contributed by atoms with Crippen LogP contribution in [0.3, 0.4) is 0 Å². The van der Waals surface area contributed by atoms with Crippen LogP contribution in [0.15, 0.2) is 48.5 Å². The Hall–Kier alpha value is -2.88. The number of hydrogen-bond donors (Lipinski definition) is 1. The molecule has 3 aromatic rings. The zero-order valence-electron chi connectivity index (χ0n) is 15.8. The Morgan fingerprint density at radius 3 is 2.52 bits per heavy atom. The molecule has 2 aromatic carbocycles. The van der Waals surface area contributed by atoms with E-state index in [0.717, 1.165) is 40.8 Å². The molecular weight excluding hydrogens is 336 g/mol. The smallest absolute Gasteiger partial charge is 0.251 e. The molecule has 1 saturated carbocycles. The summed E-state index contributed by atoms with van der Waals surface area (Å²) >= 11 is 0. The van der Waals surface area contributed by atoms with E-state index >= 15 is 0 Å². The number of nitrogens with one attached hydrogen (secondary N) is 1. The van der Waals surface area contributed by atoms with E-state index in [4.69, 9.17) is 9.72 Å². The molecule has 1 aliphatic rings. The summed E-state index contributed by atoms with van der Waals surface area (Å²) in [6, 6.07) is 16.1. The summed E-state index contributed by atoms with van der Waals surface area (Å²) in [5, 5.41) is 3.99. The number of aromatic nitrogens is 1. The second-order valence-electron chi connectivity index (χ2n) is 7.26. The standard InChI is InChI=1S/C23H24N2O2/c1-15-7-9-16(10-8-15)21-14-22(27-2)19-13-17(11-12-20(19)25-21)23(26)24-18-5-3-4-6-18/h7-14,18H,3-6H2,1-2H3,(H,24,26). The Kier molecular flexibility index (Phi) is 4.80. The molecule has 1 fully saturated rings. The molecule has 138 valence electrons. The fourth-order valence-electron chi connectivity index (χ4n) is 3.72. The molecular formula is C23H24N2O2. The number of carbonyl (C=O) groups excluding carboxylic acids is 1. The van der Waals surface area contributed by atoms with Gasteiger partial charge in [0.2, 0.25) is 0 Å². The van der Waals surface area contributed by atoms with Crippen molar-refractivity contribution in [3.63, 3.8) is 0 Å². The highest BCUT2D eigenvalue weighted by Gasteiger charge is 2.19. The van der Waals surface area contributed by atoms with Crippen LogP contribution in [0.4, 0.5) is 0 Å². The average molecular weight is 360 g/mol. The van der Waals surface area contributed by atoms with Gasteiger partial charge in [0, 0.05) is 28.6 Å². The second-order valence-corrected chi connectivity index (χ2v) is 7.26. The van der Waals surface area contributed by atoms with Crippen molar-refractivity contribution < 1.29 is 9.53 Å². The summed E-state index contributed by atoms with van der Waals surface area (Å²) in [7, 11) is 1.65. The highest BCUT2D eigenvalue weighted by Crippen LogP contribution is 2.31. The quantitative estimate of drug-likeness (QED) is 0.720. The maximum atomic E-state index is 12.6. The number of nitrogens with zero attached hydrogens (tertiary/aromatic N) is 1. The molecule has 4 nitrogen and oxygen atoms in total. The number of ether oxygens (including phenoxy) is 1. The second kappa shape index (κ2) is 7.39. The van der Waals surface area contributed by atoms with Crippen molar-refractivity contribution in [2.75, 3.05) is 7.11 Å². The Morgan fingerprint density at radius 1 is 1.07 bits per heavy atom. The predicted molar refractivity (Wildman–Crippen MR) is 108 cm³/mol. The van der Waals surface area contributed by atoms with Crippen molar-refractivity contribution in [1.82, 2.24) is 10.3 Å². The third kappa shape index (κ3) is 3.65. The van der Waals surface area contributed by atoms with Gasteiger partial charge in [0.25, 0.3) is 5.91 Å². The minimum Gasteiger partial charge on any atom is -0.496 e. The van der Waals surface area contributed by atoms with E-state index in [0.29, 0.717) is 11.6 Å². The number of rotatable bonds is 4. The summed E-state index contributed by atoms with van der Waals surface area (Å²) in [5.41, 5.74) is 4.59. The summed E-state index contributed by atoms with van der Waals surface area (Å²) in [6.07, 6.45) is 4.54. The maximum Gasteiger partial charge on any atom is 0.251 e. The zero-order valence-corrected chi connectivity index (χ0v) is 15.8. The normalized spacial score (nSPS) is 14.4. The minimum atomic E-state index is -0.0199. The molecule has 4 rings (SSSR count). The van der Waals surface area contributed by atoms with Gasteiger partial charge in [0.05, 0.1) is 18.3 Å². The van der Waals surface area contributed by atoms with E-state index in [2.05, 4.69) is 36.5 Å². The molecule has 0 saturated heterocycles. The van der Waals surface area contributed by atoms with E-state index < -0.39 is 0 Å².